The van der Waals surface area contributed by atoms with Crippen LogP contribution in [0.15, 0.2) is 48.5 Å². The van der Waals surface area contributed by atoms with Gasteiger partial charge in [-0.1, -0.05) is 44.2 Å². The summed E-state index contributed by atoms with van der Waals surface area (Å²) in [5, 5.41) is 0. The lowest BCUT2D eigenvalue weighted by molar-refractivity contribution is -0.142. The third-order valence-corrected chi connectivity index (χ3v) is 7.88. The van der Waals surface area contributed by atoms with Gasteiger partial charge in [-0.2, -0.15) is 0 Å². The molecule has 0 fully saturated rings. The lowest BCUT2D eigenvalue weighted by Crippen LogP contribution is -2.63. The van der Waals surface area contributed by atoms with Gasteiger partial charge in [0, 0.05) is 17.4 Å². The predicted molar refractivity (Wildman–Crippen MR) is 152 cm³/mol. The van der Waals surface area contributed by atoms with Gasteiger partial charge in [-0.05, 0) is 76.8 Å². The summed E-state index contributed by atoms with van der Waals surface area (Å²) in [5.41, 5.74) is 3.02. The van der Waals surface area contributed by atoms with Gasteiger partial charge in [-0.25, -0.2) is 0 Å². The fourth-order valence-corrected chi connectivity index (χ4v) is 4.88. The molecule has 2 unspecified atom stereocenters. The zero-order chi connectivity index (χ0) is 28.0. The number of esters is 1. The van der Waals surface area contributed by atoms with E-state index in [4.69, 9.17) is 27.9 Å². The maximum absolute atomic E-state index is 14.3. The Morgan fingerprint density at radius 2 is 1.62 bits per heavy atom. The first-order valence-corrected chi connectivity index (χ1v) is 13.4. The Labute approximate surface area is 230 Å². The number of aryl methyl sites for hydroxylation is 2. The van der Waals surface area contributed by atoms with E-state index in [0.717, 1.165) is 11.1 Å². The fraction of sp³-hybridized carbons (Fsp3) is 0.483. The van der Waals surface area contributed by atoms with E-state index in [1.165, 1.54) is 11.8 Å². The number of hydrogen-bond donors (Lipinski definition) is 0. The van der Waals surface area contributed by atoms with Gasteiger partial charge in [0.2, 0.25) is 5.91 Å². The summed E-state index contributed by atoms with van der Waals surface area (Å²) < 4.78 is 5.15. The van der Waals surface area contributed by atoms with Crippen molar-refractivity contribution in [2.75, 3.05) is 23.0 Å². The molecule has 2 amide bonds. The summed E-state index contributed by atoms with van der Waals surface area (Å²) >= 11 is 14.1. The number of anilines is 2. The molecule has 2 aromatic carbocycles. The van der Waals surface area contributed by atoms with Crippen molar-refractivity contribution in [2.24, 2.45) is 0 Å². The SMILES string of the molecule is CCOC(=O)CN(C(=O)C(Cl)(CC)C(C)(Cl)C(=O)N(c1cccc(C)c1)C(C)C)c1ccccc1CC. The largest absolute Gasteiger partial charge is 0.465 e. The first kappa shape index (κ1) is 30.7. The van der Waals surface area contributed by atoms with Crippen molar-refractivity contribution >= 4 is 52.4 Å². The van der Waals surface area contributed by atoms with Crippen molar-refractivity contribution in [3.05, 3.63) is 59.7 Å². The summed E-state index contributed by atoms with van der Waals surface area (Å²) in [7, 11) is 0. The molecule has 2 aromatic rings. The third kappa shape index (κ3) is 6.47. The van der Waals surface area contributed by atoms with Gasteiger partial charge in [0.25, 0.3) is 5.91 Å². The molecule has 0 aliphatic heterocycles. The average Bonchev–Trinajstić information content (AvgIpc) is 2.86. The number of nitrogens with zero attached hydrogens (tertiary/aromatic N) is 2. The van der Waals surface area contributed by atoms with Crippen LogP contribution in [0.3, 0.4) is 0 Å². The normalized spacial score (nSPS) is 14.4. The van der Waals surface area contributed by atoms with Crippen molar-refractivity contribution in [2.45, 2.75) is 77.1 Å². The molecule has 2 rings (SSSR count). The number of carbonyl (C=O) groups excluding carboxylic acids is 3. The van der Waals surface area contributed by atoms with E-state index in [1.54, 1.807) is 30.9 Å². The molecule has 0 aliphatic carbocycles. The first-order valence-electron chi connectivity index (χ1n) is 12.7. The van der Waals surface area contributed by atoms with Crippen molar-refractivity contribution in [1.82, 2.24) is 0 Å². The van der Waals surface area contributed by atoms with E-state index >= 15 is 0 Å². The number of para-hydroxylation sites is 1. The average molecular weight is 550 g/mol. The van der Waals surface area contributed by atoms with Gasteiger partial charge in [0.05, 0.1) is 6.61 Å². The number of carbonyl (C=O) groups is 3. The number of benzene rings is 2. The van der Waals surface area contributed by atoms with Gasteiger partial charge in [0.1, 0.15) is 11.4 Å². The highest BCUT2D eigenvalue weighted by Gasteiger charge is 2.58. The third-order valence-electron chi connectivity index (χ3n) is 6.49. The van der Waals surface area contributed by atoms with Gasteiger partial charge in [0.15, 0.2) is 4.87 Å². The quantitative estimate of drug-likeness (QED) is 0.245. The Bertz CT molecular complexity index is 1120. The second-order valence-electron chi connectivity index (χ2n) is 9.44. The fourth-order valence-electron chi connectivity index (χ4n) is 4.40. The van der Waals surface area contributed by atoms with Gasteiger partial charge < -0.3 is 9.64 Å². The van der Waals surface area contributed by atoms with Crippen LogP contribution in [0, 0.1) is 6.92 Å². The lowest BCUT2D eigenvalue weighted by atomic mass is 9.86. The topological polar surface area (TPSA) is 66.9 Å². The number of hydrogen-bond acceptors (Lipinski definition) is 4. The number of ether oxygens (including phenoxy) is 1. The van der Waals surface area contributed by atoms with Crippen molar-refractivity contribution in [3.8, 4) is 0 Å². The van der Waals surface area contributed by atoms with Crippen LogP contribution in [0.25, 0.3) is 0 Å². The number of rotatable bonds is 11. The molecule has 8 heteroatoms. The molecule has 0 aromatic heterocycles. The predicted octanol–water partition coefficient (Wildman–Crippen LogP) is 6.28. The standard InChI is InChI=1S/C29H38Cl2N2O4/c1-8-22-15-11-12-17-24(22)32(19-25(34)37-10-3)27(36)29(31,9-2)28(7,30)26(35)33(20(4)5)23-16-13-14-21(6)18-23/h11-18,20H,8-10,19H2,1-7H3. The van der Waals surface area contributed by atoms with Crippen molar-refractivity contribution in [3.63, 3.8) is 0 Å². The van der Waals surface area contributed by atoms with Gasteiger partial charge in [-0.15, -0.1) is 23.2 Å². The summed E-state index contributed by atoms with van der Waals surface area (Å²) in [4.78, 5) is 40.1. The smallest absolute Gasteiger partial charge is 0.326 e. The highest BCUT2D eigenvalue weighted by molar-refractivity contribution is 6.50. The highest BCUT2D eigenvalue weighted by Crippen LogP contribution is 2.43. The molecule has 202 valence electrons. The van der Waals surface area contributed by atoms with E-state index < -0.39 is 27.5 Å². The molecule has 37 heavy (non-hydrogen) atoms. The highest BCUT2D eigenvalue weighted by atomic mass is 35.5. The number of amides is 2. The minimum atomic E-state index is -1.87. The monoisotopic (exact) mass is 548 g/mol. The van der Waals surface area contributed by atoms with Gasteiger partial charge >= 0.3 is 5.97 Å². The number of halogens is 2. The molecule has 0 saturated heterocycles. The molecular formula is C29H38Cl2N2O4. The molecule has 6 nitrogen and oxygen atoms in total. The maximum atomic E-state index is 14.3. The van der Waals surface area contributed by atoms with Crippen molar-refractivity contribution < 1.29 is 19.1 Å². The van der Waals surface area contributed by atoms with E-state index in [9.17, 15) is 14.4 Å². The van der Waals surface area contributed by atoms with Crippen LogP contribution in [0.1, 0.15) is 59.1 Å². The first-order chi connectivity index (χ1) is 17.3. The van der Waals surface area contributed by atoms with Crippen LogP contribution in [0.5, 0.6) is 0 Å². The van der Waals surface area contributed by atoms with Crippen LogP contribution >= 0.6 is 23.2 Å². The molecule has 0 saturated carbocycles. The van der Waals surface area contributed by atoms with Crippen LogP contribution in [0.4, 0.5) is 11.4 Å². The molecule has 0 heterocycles. The zero-order valence-corrected chi connectivity index (χ0v) is 24.3. The summed E-state index contributed by atoms with van der Waals surface area (Å²) in [6.07, 6.45) is 0.669. The Balaban J connectivity index is 2.62. The Morgan fingerprint density at radius 1 is 0.973 bits per heavy atom. The van der Waals surface area contributed by atoms with E-state index in [-0.39, 0.29) is 25.6 Å². The molecule has 0 radical (unpaired) electrons. The number of alkyl halides is 2. The van der Waals surface area contributed by atoms with Crippen LogP contribution in [-0.4, -0.2) is 46.7 Å². The van der Waals surface area contributed by atoms with E-state index in [2.05, 4.69) is 0 Å². The minimum Gasteiger partial charge on any atom is -0.465 e. The van der Waals surface area contributed by atoms with Crippen LogP contribution in [-0.2, 0) is 25.5 Å². The molecule has 2 atom stereocenters. The second kappa shape index (κ2) is 12.8. The van der Waals surface area contributed by atoms with Crippen molar-refractivity contribution in [1.29, 1.82) is 0 Å². The second-order valence-corrected chi connectivity index (χ2v) is 10.8. The zero-order valence-electron chi connectivity index (χ0n) is 22.8. The van der Waals surface area contributed by atoms with E-state index in [1.807, 2.05) is 64.1 Å². The summed E-state index contributed by atoms with van der Waals surface area (Å²) in [6.45, 7) is 12.3. The lowest BCUT2D eigenvalue weighted by Gasteiger charge is -2.43. The van der Waals surface area contributed by atoms with Crippen LogP contribution in [0.2, 0.25) is 0 Å². The van der Waals surface area contributed by atoms with Gasteiger partial charge in [-0.3, -0.25) is 19.3 Å². The molecule has 0 bridgehead atoms. The minimum absolute atomic E-state index is 0.0481. The maximum Gasteiger partial charge on any atom is 0.326 e. The summed E-state index contributed by atoms with van der Waals surface area (Å²) in [6, 6.07) is 14.5. The molecular weight excluding hydrogens is 511 g/mol. The van der Waals surface area contributed by atoms with E-state index in [0.29, 0.717) is 17.8 Å². The van der Waals surface area contributed by atoms with Crippen LogP contribution < -0.4 is 9.80 Å². The Hall–Kier alpha value is -2.57. The molecule has 0 aliphatic rings. The molecule has 0 N–H and O–H groups in total. The Morgan fingerprint density at radius 3 is 2.16 bits per heavy atom. The Kier molecular flexibility index (Phi) is 10.6. The molecule has 0 spiro atoms. The summed E-state index contributed by atoms with van der Waals surface area (Å²) in [5.74, 6) is -1.72.